The molecule has 0 aromatic heterocycles. The number of hydrogen-bond donors (Lipinski definition) is 1. The van der Waals surface area contributed by atoms with Gasteiger partial charge < -0.3 is 5.32 Å². The zero-order chi connectivity index (χ0) is 20.9. The standard InChI is InChI=1S/C23H24N2O3S/c1-3-22(18-11-6-4-7-12-18)24-23(26)19-13-10-16-21(17-19)29(27,28)25(2)20-14-8-5-9-15-20/h4-17,22H,3H2,1-2H3,(H,24,26). The highest BCUT2D eigenvalue weighted by Gasteiger charge is 2.23. The second kappa shape index (κ2) is 8.92. The number of carbonyl (C=O) groups excluding carboxylic acids is 1. The lowest BCUT2D eigenvalue weighted by molar-refractivity contribution is 0.0935. The Bertz CT molecular complexity index is 1070. The number of nitrogens with one attached hydrogen (secondary N) is 1. The van der Waals surface area contributed by atoms with Crippen molar-refractivity contribution in [1.29, 1.82) is 0 Å². The van der Waals surface area contributed by atoms with E-state index >= 15 is 0 Å². The van der Waals surface area contributed by atoms with Crippen LogP contribution in [0.15, 0.2) is 89.8 Å². The quantitative estimate of drug-likeness (QED) is 0.630. The van der Waals surface area contributed by atoms with Gasteiger partial charge in [-0.25, -0.2) is 8.42 Å². The molecule has 0 aliphatic heterocycles. The van der Waals surface area contributed by atoms with E-state index in [4.69, 9.17) is 0 Å². The molecule has 1 N–H and O–H groups in total. The Labute approximate surface area is 172 Å². The molecule has 0 aliphatic rings. The van der Waals surface area contributed by atoms with E-state index in [0.29, 0.717) is 11.3 Å². The molecule has 0 saturated carbocycles. The van der Waals surface area contributed by atoms with Crippen molar-refractivity contribution in [3.8, 4) is 0 Å². The number of amides is 1. The second-order valence-electron chi connectivity index (χ2n) is 6.68. The molecule has 0 fully saturated rings. The van der Waals surface area contributed by atoms with Crippen LogP contribution in [0.4, 0.5) is 5.69 Å². The minimum absolute atomic E-state index is 0.0734. The number of carbonyl (C=O) groups is 1. The first-order valence-electron chi connectivity index (χ1n) is 9.43. The van der Waals surface area contributed by atoms with E-state index in [9.17, 15) is 13.2 Å². The van der Waals surface area contributed by atoms with E-state index in [1.54, 1.807) is 36.4 Å². The maximum absolute atomic E-state index is 13.0. The van der Waals surface area contributed by atoms with Crippen molar-refractivity contribution < 1.29 is 13.2 Å². The van der Waals surface area contributed by atoms with Gasteiger partial charge in [-0.1, -0.05) is 61.5 Å². The van der Waals surface area contributed by atoms with E-state index in [1.165, 1.54) is 23.5 Å². The molecule has 150 valence electrons. The van der Waals surface area contributed by atoms with Gasteiger partial charge in [-0.3, -0.25) is 9.10 Å². The zero-order valence-electron chi connectivity index (χ0n) is 16.4. The molecule has 29 heavy (non-hydrogen) atoms. The van der Waals surface area contributed by atoms with Gasteiger partial charge in [0.2, 0.25) is 0 Å². The van der Waals surface area contributed by atoms with Gasteiger partial charge >= 0.3 is 0 Å². The molecule has 1 atom stereocenters. The van der Waals surface area contributed by atoms with E-state index in [1.807, 2.05) is 43.3 Å². The molecular weight excluding hydrogens is 384 g/mol. The topological polar surface area (TPSA) is 66.5 Å². The lowest BCUT2D eigenvalue weighted by Crippen LogP contribution is -2.29. The predicted octanol–water partition coefficient (Wildman–Crippen LogP) is 4.39. The molecule has 3 aromatic rings. The summed E-state index contributed by atoms with van der Waals surface area (Å²) in [6.45, 7) is 1.99. The van der Waals surface area contributed by atoms with Crippen molar-refractivity contribution >= 4 is 21.6 Å². The molecule has 1 amide bonds. The summed E-state index contributed by atoms with van der Waals surface area (Å²) in [4.78, 5) is 12.9. The Balaban J connectivity index is 1.84. The highest BCUT2D eigenvalue weighted by Crippen LogP contribution is 2.23. The van der Waals surface area contributed by atoms with E-state index < -0.39 is 10.0 Å². The summed E-state index contributed by atoms with van der Waals surface area (Å²) >= 11 is 0. The number of rotatable bonds is 7. The summed E-state index contributed by atoms with van der Waals surface area (Å²) in [6.07, 6.45) is 0.727. The first-order valence-corrected chi connectivity index (χ1v) is 10.9. The van der Waals surface area contributed by atoms with Gasteiger partial charge in [0.25, 0.3) is 15.9 Å². The van der Waals surface area contributed by atoms with Gasteiger partial charge in [-0.2, -0.15) is 0 Å². The van der Waals surface area contributed by atoms with Gasteiger partial charge in [0.15, 0.2) is 0 Å². The van der Waals surface area contributed by atoms with Crippen LogP contribution < -0.4 is 9.62 Å². The lowest BCUT2D eigenvalue weighted by Gasteiger charge is -2.20. The molecule has 3 rings (SSSR count). The fourth-order valence-corrected chi connectivity index (χ4v) is 4.32. The third kappa shape index (κ3) is 4.66. The van der Waals surface area contributed by atoms with Crippen LogP contribution in [0.1, 0.15) is 35.3 Å². The molecule has 3 aromatic carbocycles. The van der Waals surface area contributed by atoms with E-state index in [0.717, 1.165) is 12.0 Å². The Morgan fingerprint density at radius 2 is 1.55 bits per heavy atom. The zero-order valence-corrected chi connectivity index (χ0v) is 17.3. The maximum atomic E-state index is 13.0. The van der Waals surface area contributed by atoms with Crippen molar-refractivity contribution in [2.75, 3.05) is 11.4 Å². The molecule has 0 saturated heterocycles. The molecule has 0 aliphatic carbocycles. The van der Waals surface area contributed by atoms with Crippen LogP contribution in [0, 0.1) is 0 Å². The SMILES string of the molecule is CCC(NC(=O)c1cccc(S(=O)(=O)N(C)c2ccccc2)c1)c1ccccc1. The number of anilines is 1. The van der Waals surface area contributed by atoms with E-state index in [2.05, 4.69) is 5.32 Å². The van der Waals surface area contributed by atoms with Crippen molar-refractivity contribution in [2.24, 2.45) is 0 Å². The second-order valence-corrected chi connectivity index (χ2v) is 8.65. The monoisotopic (exact) mass is 408 g/mol. The van der Waals surface area contributed by atoms with Gasteiger partial charge in [-0.05, 0) is 42.3 Å². The normalized spacial score (nSPS) is 12.2. The summed E-state index contributed by atoms with van der Waals surface area (Å²) in [5.41, 5.74) is 1.87. The van der Waals surface area contributed by atoms with Gasteiger partial charge in [0.1, 0.15) is 0 Å². The molecule has 0 heterocycles. The van der Waals surface area contributed by atoms with Crippen LogP contribution in [0.5, 0.6) is 0 Å². The fourth-order valence-electron chi connectivity index (χ4n) is 3.08. The summed E-state index contributed by atoms with van der Waals surface area (Å²) < 4.78 is 27.2. The van der Waals surface area contributed by atoms with Crippen LogP contribution in [-0.2, 0) is 10.0 Å². The Morgan fingerprint density at radius 3 is 2.17 bits per heavy atom. The highest BCUT2D eigenvalue weighted by atomic mass is 32.2. The largest absolute Gasteiger partial charge is 0.345 e. The minimum Gasteiger partial charge on any atom is -0.345 e. The number of hydrogen-bond acceptors (Lipinski definition) is 3. The first kappa shape index (κ1) is 20.6. The van der Waals surface area contributed by atoms with Crippen LogP contribution in [0.25, 0.3) is 0 Å². The highest BCUT2D eigenvalue weighted by molar-refractivity contribution is 7.92. The molecule has 6 heteroatoms. The van der Waals surface area contributed by atoms with Gasteiger partial charge in [0.05, 0.1) is 16.6 Å². The number of para-hydroxylation sites is 1. The first-order chi connectivity index (χ1) is 13.9. The maximum Gasteiger partial charge on any atom is 0.264 e. The van der Waals surface area contributed by atoms with Gasteiger partial charge in [0, 0.05) is 12.6 Å². The van der Waals surface area contributed by atoms with Crippen LogP contribution in [-0.4, -0.2) is 21.4 Å². The predicted molar refractivity (Wildman–Crippen MR) is 115 cm³/mol. The Morgan fingerprint density at radius 1 is 0.931 bits per heavy atom. The summed E-state index contributed by atoms with van der Waals surface area (Å²) in [6, 6.07) is 24.5. The number of benzene rings is 3. The average Bonchev–Trinajstić information content (AvgIpc) is 2.78. The minimum atomic E-state index is -3.78. The lowest BCUT2D eigenvalue weighted by atomic mass is 10.0. The molecular formula is C23H24N2O3S. The average molecular weight is 409 g/mol. The Kier molecular flexibility index (Phi) is 6.34. The third-order valence-corrected chi connectivity index (χ3v) is 6.57. The summed E-state index contributed by atoms with van der Waals surface area (Å²) in [5.74, 6) is -0.305. The van der Waals surface area contributed by atoms with Crippen molar-refractivity contribution in [1.82, 2.24) is 5.32 Å². The van der Waals surface area contributed by atoms with Gasteiger partial charge in [-0.15, -0.1) is 0 Å². The number of nitrogens with zero attached hydrogens (tertiary/aromatic N) is 1. The molecule has 5 nitrogen and oxygen atoms in total. The molecule has 0 bridgehead atoms. The van der Waals surface area contributed by atoms with E-state index in [-0.39, 0.29) is 16.8 Å². The third-order valence-electron chi connectivity index (χ3n) is 4.79. The molecule has 0 spiro atoms. The van der Waals surface area contributed by atoms with Crippen LogP contribution >= 0.6 is 0 Å². The van der Waals surface area contributed by atoms with Crippen molar-refractivity contribution in [2.45, 2.75) is 24.3 Å². The molecule has 1 unspecified atom stereocenters. The fraction of sp³-hybridized carbons (Fsp3) is 0.174. The molecule has 0 radical (unpaired) electrons. The summed E-state index contributed by atoms with van der Waals surface area (Å²) in [7, 11) is -2.28. The smallest absolute Gasteiger partial charge is 0.264 e. The van der Waals surface area contributed by atoms with Crippen molar-refractivity contribution in [3.05, 3.63) is 96.1 Å². The van der Waals surface area contributed by atoms with Crippen LogP contribution in [0.2, 0.25) is 0 Å². The summed E-state index contributed by atoms with van der Waals surface area (Å²) in [5, 5.41) is 2.99. The van der Waals surface area contributed by atoms with Crippen LogP contribution in [0.3, 0.4) is 0 Å². The van der Waals surface area contributed by atoms with Crippen molar-refractivity contribution in [3.63, 3.8) is 0 Å². The Hall–Kier alpha value is -3.12. The number of sulfonamides is 1.